The number of allylic oxidation sites excluding steroid dienone is 4. The summed E-state index contributed by atoms with van der Waals surface area (Å²) in [6.07, 6.45) is 8.77. The Morgan fingerprint density at radius 2 is 0.941 bits per heavy atom. The van der Waals surface area contributed by atoms with E-state index in [2.05, 4.69) is 85.0 Å². The topological polar surface area (TPSA) is 0 Å². The first-order valence-electron chi connectivity index (χ1n) is 5.90. The molecule has 0 nitrogen and oxygen atoms in total. The van der Waals surface area contributed by atoms with E-state index in [-0.39, 0.29) is 5.41 Å². The average molecular weight is 218 g/mol. The molecule has 0 heterocycles. The van der Waals surface area contributed by atoms with E-state index < -0.39 is 0 Å². The van der Waals surface area contributed by atoms with Crippen LogP contribution >= 0.6 is 0 Å². The molecule has 2 aromatic rings. The third kappa shape index (κ3) is 1.62. The Morgan fingerprint density at radius 1 is 0.529 bits per heavy atom. The molecule has 0 saturated heterocycles. The van der Waals surface area contributed by atoms with Gasteiger partial charge < -0.3 is 0 Å². The van der Waals surface area contributed by atoms with Gasteiger partial charge in [-0.15, -0.1) is 0 Å². The largest absolute Gasteiger partial charge is 0.0658 e. The molecule has 1 aliphatic carbocycles. The number of benzene rings is 2. The minimum absolute atomic E-state index is 0.0808. The van der Waals surface area contributed by atoms with Crippen LogP contribution in [0.3, 0.4) is 0 Å². The van der Waals surface area contributed by atoms with Crippen LogP contribution in [-0.2, 0) is 5.41 Å². The van der Waals surface area contributed by atoms with Crippen molar-refractivity contribution in [3.8, 4) is 0 Å². The Morgan fingerprint density at radius 3 is 1.35 bits per heavy atom. The maximum Gasteiger partial charge on any atom is 0.0568 e. The SMILES string of the molecule is C1=CC(c2ccccc2)(c2ccccc2)C=C1. The van der Waals surface area contributed by atoms with E-state index in [1.807, 2.05) is 0 Å². The van der Waals surface area contributed by atoms with Crippen molar-refractivity contribution in [3.05, 3.63) is 96.1 Å². The second-order valence-corrected chi connectivity index (χ2v) is 4.32. The fourth-order valence-corrected chi connectivity index (χ4v) is 2.45. The fourth-order valence-electron chi connectivity index (χ4n) is 2.45. The molecule has 0 saturated carbocycles. The molecule has 3 rings (SSSR count). The maximum absolute atomic E-state index is 2.26. The fraction of sp³-hybridized carbons (Fsp3) is 0.0588. The summed E-state index contributed by atoms with van der Waals surface area (Å²) in [4.78, 5) is 0. The first kappa shape index (κ1) is 10.1. The number of hydrogen-bond donors (Lipinski definition) is 0. The Kier molecular flexibility index (Phi) is 2.41. The minimum Gasteiger partial charge on any atom is -0.0658 e. The monoisotopic (exact) mass is 218 g/mol. The van der Waals surface area contributed by atoms with Gasteiger partial charge in [-0.05, 0) is 11.1 Å². The first-order valence-corrected chi connectivity index (χ1v) is 5.90. The van der Waals surface area contributed by atoms with Gasteiger partial charge in [-0.2, -0.15) is 0 Å². The molecule has 2 aromatic carbocycles. The summed E-state index contributed by atoms with van der Waals surface area (Å²) in [6, 6.07) is 21.3. The molecule has 0 aromatic heterocycles. The van der Waals surface area contributed by atoms with Gasteiger partial charge in [0.25, 0.3) is 0 Å². The average Bonchev–Trinajstić information content (AvgIpc) is 2.91. The van der Waals surface area contributed by atoms with Crippen molar-refractivity contribution in [2.24, 2.45) is 0 Å². The van der Waals surface area contributed by atoms with Gasteiger partial charge in [0.05, 0.1) is 5.41 Å². The van der Waals surface area contributed by atoms with Crippen LogP contribution in [0.2, 0.25) is 0 Å². The van der Waals surface area contributed by atoms with E-state index in [1.165, 1.54) is 11.1 Å². The van der Waals surface area contributed by atoms with Crippen molar-refractivity contribution in [2.45, 2.75) is 5.41 Å². The van der Waals surface area contributed by atoms with Gasteiger partial charge in [0.15, 0.2) is 0 Å². The molecule has 0 aliphatic heterocycles. The smallest absolute Gasteiger partial charge is 0.0568 e. The predicted molar refractivity (Wildman–Crippen MR) is 71.9 cm³/mol. The van der Waals surface area contributed by atoms with Crippen LogP contribution in [0.5, 0.6) is 0 Å². The van der Waals surface area contributed by atoms with Crippen LogP contribution in [-0.4, -0.2) is 0 Å². The highest BCUT2D eigenvalue weighted by molar-refractivity contribution is 5.53. The third-order valence-electron chi connectivity index (χ3n) is 3.33. The summed E-state index contributed by atoms with van der Waals surface area (Å²) >= 11 is 0. The molecule has 0 spiro atoms. The van der Waals surface area contributed by atoms with Crippen molar-refractivity contribution in [1.29, 1.82) is 0 Å². The number of hydrogen-bond acceptors (Lipinski definition) is 0. The highest BCUT2D eigenvalue weighted by Crippen LogP contribution is 2.37. The van der Waals surface area contributed by atoms with Crippen LogP contribution < -0.4 is 0 Å². The molecule has 0 atom stereocenters. The quantitative estimate of drug-likeness (QED) is 0.712. The van der Waals surface area contributed by atoms with Gasteiger partial charge in [-0.25, -0.2) is 0 Å². The highest BCUT2D eigenvalue weighted by Gasteiger charge is 2.29. The third-order valence-corrected chi connectivity index (χ3v) is 3.33. The zero-order valence-electron chi connectivity index (χ0n) is 9.58. The lowest BCUT2D eigenvalue weighted by Gasteiger charge is -2.26. The molecular weight excluding hydrogens is 204 g/mol. The van der Waals surface area contributed by atoms with Crippen molar-refractivity contribution in [1.82, 2.24) is 0 Å². The zero-order valence-corrected chi connectivity index (χ0v) is 9.58. The van der Waals surface area contributed by atoms with Gasteiger partial charge in [0, 0.05) is 0 Å². The highest BCUT2D eigenvalue weighted by atomic mass is 14.3. The second-order valence-electron chi connectivity index (χ2n) is 4.32. The van der Waals surface area contributed by atoms with E-state index in [4.69, 9.17) is 0 Å². The van der Waals surface area contributed by atoms with Crippen molar-refractivity contribution in [2.75, 3.05) is 0 Å². The summed E-state index contributed by atoms with van der Waals surface area (Å²) in [5.41, 5.74) is 2.55. The Balaban J connectivity index is 2.19. The van der Waals surface area contributed by atoms with Crippen LogP contribution in [0, 0.1) is 0 Å². The van der Waals surface area contributed by atoms with Gasteiger partial charge in [0.1, 0.15) is 0 Å². The molecule has 0 heteroatoms. The van der Waals surface area contributed by atoms with Crippen LogP contribution in [0.15, 0.2) is 85.0 Å². The van der Waals surface area contributed by atoms with Crippen molar-refractivity contribution in [3.63, 3.8) is 0 Å². The Hall–Kier alpha value is -2.08. The molecule has 82 valence electrons. The molecular formula is C17H14. The molecule has 1 aliphatic rings. The standard InChI is InChI=1S/C17H14/c1-3-9-15(10-4-1)17(13-7-8-14-17)16-11-5-2-6-12-16/h1-14H. The normalized spacial score (nSPS) is 16.2. The summed E-state index contributed by atoms with van der Waals surface area (Å²) in [6.45, 7) is 0. The van der Waals surface area contributed by atoms with Gasteiger partial charge in [-0.3, -0.25) is 0 Å². The van der Waals surface area contributed by atoms with E-state index in [0.29, 0.717) is 0 Å². The van der Waals surface area contributed by atoms with Gasteiger partial charge in [0.2, 0.25) is 0 Å². The lowest BCUT2D eigenvalue weighted by molar-refractivity contribution is 0.828. The van der Waals surface area contributed by atoms with Crippen LogP contribution in [0.4, 0.5) is 0 Å². The molecule has 0 bridgehead atoms. The van der Waals surface area contributed by atoms with Crippen molar-refractivity contribution >= 4 is 0 Å². The lowest BCUT2D eigenvalue weighted by Crippen LogP contribution is -2.20. The van der Waals surface area contributed by atoms with Crippen LogP contribution in [0.1, 0.15) is 11.1 Å². The number of rotatable bonds is 2. The van der Waals surface area contributed by atoms with E-state index in [0.717, 1.165) is 0 Å². The minimum atomic E-state index is -0.0808. The van der Waals surface area contributed by atoms with Crippen molar-refractivity contribution < 1.29 is 0 Å². The zero-order chi connectivity index (χ0) is 11.6. The van der Waals surface area contributed by atoms with E-state index >= 15 is 0 Å². The molecule has 0 fully saturated rings. The van der Waals surface area contributed by atoms with E-state index in [9.17, 15) is 0 Å². The predicted octanol–water partition coefficient (Wildman–Crippen LogP) is 4.10. The summed E-state index contributed by atoms with van der Waals surface area (Å²) in [7, 11) is 0. The molecule has 0 amide bonds. The Bertz CT molecular complexity index is 494. The molecule has 17 heavy (non-hydrogen) atoms. The van der Waals surface area contributed by atoms with Crippen LogP contribution in [0.25, 0.3) is 0 Å². The molecule has 0 radical (unpaired) electrons. The first-order chi connectivity index (χ1) is 8.42. The maximum atomic E-state index is 2.26. The molecule has 0 unspecified atom stereocenters. The Labute approximate surface area is 102 Å². The summed E-state index contributed by atoms with van der Waals surface area (Å²) in [5.74, 6) is 0. The molecule has 0 N–H and O–H groups in total. The van der Waals surface area contributed by atoms with Gasteiger partial charge >= 0.3 is 0 Å². The summed E-state index contributed by atoms with van der Waals surface area (Å²) < 4.78 is 0. The second kappa shape index (κ2) is 4.06. The van der Waals surface area contributed by atoms with E-state index in [1.54, 1.807) is 0 Å². The lowest BCUT2D eigenvalue weighted by atomic mass is 9.76. The summed E-state index contributed by atoms with van der Waals surface area (Å²) in [5, 5.41) is 0. The van der Waals surface area contributed by atoms with Gasteiger partial charge in [-0.1, -0.05) is 85.0 Å².